The van der Waals surface area contributed by atoms with Crippen LogP contribution in [0.15, 0.2) is 34.7 Å². The Hall–Kier alpha value is -1.78. The van der Waals surface area contributed by atoms with Crippen LogP contribution in [0.5, 0.6) is 5.75 Å². The quantitative estimate of drug-likeness (QED) is 0.887. The minimum absolute atomic E-state index is 0.0505. The van der Waals surface area contributed by atoms with Gasteiger partial charge in [0.15, 0.2) is 0 Å². The molecule has 1 N–H and O–H groups in total. The van der Waals surface area contributed by atoms with E-state index in [9.17, 15) is 5.11 Å². The van der Waals surface area contributed by atoms with Gasteiger partial charge in [0.1, 0.15) is 17.3 Å². The van der Waals surface area contributed by atoms with E-state index in [4.69, 9.17) is 9.15 Å². The van der Waals surface area contributed by atoms with Gasteiger partial charge in [-0.3, -0.25) is 4.90 Å². The zero-order chi connectivity index (χ0) is 15.4. The van der Waals surface area contributed by atoms with Crippen molar-refractivity contribution in [3.63, 3.8) is 0 Å². The summed E-state index contributed by atoms with van der Waals surface area (Å²) < 4.78 is 10.7. The van der Waals surface area contributed by atoms with Crippen molar-refractivity contribution in [2.75, 3.05) is 20.8 Å². The van der Waals surface area contributed by atoms with E-state index in [2.05, 4.69) is 4.90 Å². The lowest BCUT2D eigenvalue weighted by Crippen LogP contribution is -2.27. The van der Waals surface area contributed by atoms with Crippen molar-refractivity contribution in [1.29, 1.82) is 0 Å². The third kappa shape index (κ3) is 3.65. The van der Waals surface area contributed by atoms with E-state index in [1.807, 2.05) is 51.2 Å². The van der Waals surface area contributed by atoms with Crippen molar-refractivity contribution >= 4 is 0 Å². The monoisotopic (exact) mass is 289 g/mol. The lowest BCUT2D eigenvalue weighted by molar-refractivity contribution is 0.142. The molecule has 1 heterocycles. The summed E-state index contributed by atoms with van der Waals surface area (Å²) in [6.07, 6.45) is 0. The van der Waals surface area contributed by atoms with Gasteiger partial charge in [-0.05, 0) is 44.7 Å². The minimum Gasteiger partial charge on any atom is -0.497 e. The summed E-state index contributed by atoms with van der Waals surface area (Å²) in [5, 5.41) is 9.73. The highest BCUT2D eigenvalue weighted by atomic mass is 16.5. The Morgan fingerprint density at radius 2 is 1.90 bits per heavy atom. The summed E-state index contributed by atoms with van der Waals surface area (Å²) in [6.45, 7) is 4.72. The lowest BCUT2D eigenvalue weighted by Gasteiger charge is -2.26. The number of ether oxygens (including phenoxy) is 1. The normalized spacial score (nSPS) is 12.7. The second kappa shape index (κ2) is 6.78. The molecule has 0 aliphatic rings. The molecule has 1 unspecified atom stereocenters. The van der Waals surface area contributed by atoms with Crippen LogP contribution in [0.2, 0.25) is 0 Å². The summed E-state index contributed by atoms with van der Waals surface area (Å²) in [5.74, 6) is 2.67. The highest BCUT2D eigenvalue weighted by Crippen LogP contribution is 2.24. The third-order valence-corrected chi connectivity index (χ3v) is 3.77. The highest BCUT2D eigenvalue weighted by molar-refractivity contribution is 5.29. The molecule has 4 nitrogen and oxygen atoms in total. The first-order valence-electron chi connectivity index (χ1n) is 7.06. The maximum absolute atomic E-state index is 9.73. The van der Waals surface area contributed by atoms with Gasteiger partial charge in [-0.2, -0.15) is 0 Å². The third-order valence-electron chi connectivity index (χ3n) is 3.77. The van der Waals surface area contributed by atoms with Crippen molar-refractivity contribution in [2.24, 2.45) is 0 Å². The Bertz CT molecular complexity index is 574. The number of nitrogens with zero attached hydrogens (tertiary/aromatic N) is 1. The van der Waals surface area contributed by atoms with E-state index in [-0.39, 0.29) is 12.6 Å². The molecule has 21 heavy (non-hydrogen) atoms. The second-order valence-electron chi connectivity index (χ2n) is 5.33. The molecule has 114 valence electrons. The molecule has 1 atom stereocenters. The fraction of sp³-hybridized carbons (Fsp3) is 0.412. The number of furan rings is 1. The molecule has 2 aromatic rings. The maximum Gasteiger partial charge on any atom is 0.118 e. The number of aryl methyl sites for hydroxylation is 2. The van der Waals surface area contributed by atoms with E-state index in [0.717, 1.165) is 34.9 Å². The smallest absolute Gasteiger partial charge is 0.118 e. The van der Waals surface area contributed by atoms with E-state index < -0.39 is 0 Å². The first-order valence-corrected chi connectivity index (χ1v) is 7.06. The second-order valence-corrected chi connectivity index (χ2v) is 5.33. The number of aliphatic hydroxyl groups excluding tert-OH is 1. The topological polar surface area (TPSA) is 45.8 Å². The molecule has 1 aromatic heterocycles. The van der Waals surface area contributed by atoms with Crippen molar-refractivity contribution in [1.82, 2.24) is 4.90 Å². The van der Waals surface area contributed by atoms with Gasteiger partial charge in [-0.15, -0.1) is 0 Å². The van der Waals surface area contributed by atoms with Gasteiger partial charge in [-0.1, -0.05) is 12.1 Å². The van der Waals surface area contributed by atoms with Gasteiger partial charge >= 0.3 is 0 Å². The van der Waals surface area contributed by atoms with E-state index in [1.54, 1.807) is 7.11 Å². The van der Waals surface area contributed by atoms with Gasteiger partial charge < -0.3 is 14.3 Å². The van der Waals surface area contributed by atoms with Gasteiger partial charge in [0.2, 0.25) is 0 Å². The summed E-state index contributed by atoms with van der Waals surface area (Å²) in [5.41, 5.74) is 2.22. The SMILES string of the molecule is COc1ccc(C(CO)N(C)Cc2cc(C)oc2C)cc1. The van der Waals surface area contributed by atoms with E-state index >= 15 is 0 Å². The molecule has 0 fully saturated rings. The molecule has 0 amide bonds. The molecular weight excluding hydrogens is 266 g/mol. The Labute approximate surface area is 126 Å². The van der Waals surface area contributed by atoms with Gasteiger partial charge in [0.25, 0.3) is 0 Å². The van der Waals surface area contributed by atoms with Crippen LogP contribution < -0.4 is 4.74 Å². The zero-order valence-electron chi connectivity index (χ0n) is 13.1. The van der Waals surface area contributed by atoms with Crippen LogP contribution in [0.3, 0.4) is 0 Å². The van der Waals surface area contributed by atoms with Crippen LogP contribution in [-0.4, -0.2) is 30.8 Å². The van der Waals surface area contributed by atoms with Gasteiger partial charge in [0.05, 0.1) is 19.8 Å². The summed E-state index contributed by atoms with van der Waals surface area (Å²) in [4.78, 5) is 2.12. The highest BCUT2D eigenvalue weighted by Gasteiger charge is 2.18. The Balaban J connectivity index is 2.13. The number of methoxy groups -OCH3 is 1. The number of rotatable bonds is 6. The molecular formula is C17H23NO3. The molecule has 0 bridgehead atoms. The molecule has 0 saturated heterocycles. The fourth-order valence-corrected chi connectivity index (χ4v) is 2.54. The van der Waals surface area contributed by atoms with Crippen LogP contribution in [0.1, 0.15) is 28.7 Å². The first-order chi connectivity index (χ1) is 10.0. The van der Waals surface area contributed by atoms with Gasteiger partial charge in [0, 0.05) is 12.1 Å². The Morgan fingerprint density at radius 3 is 2.38 bits per heavy atom. The Kier molecular flexibility index (Phi) is 5.04. The number of likely N-dealkylation sites (N-methyl/N-ethyl adjacent to an activating group) is 1. The predicted molar refractivity (Wildman–Crippen MR) is 82.5 cm³/mol. The molecule has 2 rings (SSSR count). The lowest BCUT2D eigenvalue weighted by atomic mass is 10.1. The fourth-order valence-electron chi connectivity index (χ4n) is 2.54. The number of benzene rings is 1. The van der Waals surface area contributed by atoms with Crippen molar-refractivity contribution in [3.8, 4) is 5.75 Å². The molecule has 1 aromatic carbocycles. The molecule has 0 saturated carbocycles. The van der Waals surface area contributed by atoms with E-state index in [0.29, 0.717) is 0 Å². The Morgan fingerprint density at radius 1 is 1.24 bits per heavy atom. The predicted octanol–water partition coefficient (Wildman–Crippen LogP) is 3.07. The summed E-state index contributed by atoms with van der Waals surface area (Å²) >= 11 is 0. The van der Waals surface area contributed by atoms with Crippen molar-refractivity contribution < 1.29 is 14.3 Å². The van der Waals surface area contributed by atoms with Crippen LogP contribution in [0.4, 0.5) is 0 Å². The standard InChI is InChI=1S/C17H23NO3/c1-12-9-15(13(2)21-12)10-18(3)17(11-19)14-5-7-16(20-4)8-6-14/h5-9,17,19H,10-11H2,1-4H3. The first kappa shape index (κ1) is 15.6. The molecule has 0 spiro atoms. The maximum atomic E-state index is 9.73. The summed E-state index contributed by atoms with van der Waals surface area (Å²) in [7, 11) is 3.65. The van der Waals surface area contributed by atoms with Crippen LogP contribution in [0, 0.1) is 13.8 Å². The number of hydrogen-bond donors (Lipinski definition) is 1. The average molecular weight is 289 g/mol. The minimum atomic E-state index is -0.0505. The largest absolute Gasteiger partial charge is 0.497 e. The van der Waals surface area contributed by atoms with Crippen LogP contribution in [-0.2, 0) is 6.54 Å². The van der Waals surface area contributed by atoms with Gasteiger partial charge in [-0.25, -0.2) is 0 Å². The van der Waals surface area contributed by atoms with Crippen LogP contribution in [0.25, 0.3) is 0 Å². The summed E-state index contributed by atoms with van der Waals surface area (Å²) in [6, 6.07) is 9.81. The average Bonchev–Trinajstić information content (AvgIpc) is 2.78. The number of hydrogen-bond acceptors (Lipinski definition) is 4. The molecule has 4 heteroatoms. The molecule has 0 radical (unpaired) electrons. The van der Waals surface area contributed by atoms with Crippen LogP contribution >= 0.6 is 0 Å². The van der Waals surface area contributed by atoms with Crippen molar-refractivity contribution in [2.45, 2.75) is 26.4 Å². The van der Waals surface area contributed by atoms with E-state index in [1.165, 1.54) is 0 Å². The molecule has 0 aliphatic heterocycles. The van der Waals surface area contributed by atoms with Crippen molar-refractivity contribution in [3.05, 3.63) is 53.0 Å². The number of aliphatic hydroxyl groups is 1. The molecule has 0 aliphatic carbocycles. The zero-order valence-corrected chi connectivity index (χ0v) is 13.1.